The van der Waals surface area contributed by atoms with Gasteiger partial charge in [-0.2, -0.15) is 0 Å². The molecule has 6 heteroatoms. The zero-order chi connectivity index (χ0) is 13.4. The number of carboxylic acid groups (broad SMARTS) is 1. The van der Waals surface area contributed by atoms with Crippen molar-refractivity contribution in [1.29, 1.82) is 0 Å². The van der Waals surface area contributed by atoms with Crippen molar-refractivity contribution in [2.75, 3.05) is 11.9 Å². The van der Waals surface area contributed by atoms with E-state index in [-0.39, 0.29) is 18.7 Å². The van der Waals surface area contributed by atoms with Crippen LogP contribution in [0.15, 0.2) is 30.3 Å². The first-order valence-electron chi connectivity index (χ1n) is 5.41. The summed E-state index contributed by atoms with van der Waals surface area (Å²) in [6, 6.07) is 8.88. The molecule has 0 aliphatic heterocycles. The highest BCUT2D eigenvalue weighted by molar-refractivity contribution is 5.93. The topological polar surface area (TPSA) is 95.5 Å². The van der Waals surface area contributed by atoms with Gasteiger partial charge in [0.1, 0.15) is 6.54 Å². The molecule has 6 nitrogen and oxygen atoms in total. The number of benzene rings is 1. The van der Waals surface area contributed by atoms with Crippen LogP contribution >= 0.6 is 0 Å². The molecule has 0 aromatic heterocycles. The second-order valence-electron chi connectivity index (χ2n) is 3.58. The molecule has 1 aromatic carbocycles. The Morgan fingerprint density at radius 3 is 2.22 bits per heavy atom. The van der Waals surface area contributed by atoms with Gasteiger partial charge in [-0.1, -0.05) is 18.2 Å². The fourth-order valence-corrected chi connectivity index (χ4v) is 1.23. The van der Waals surface area contributed by atoms with E-state index in [1.807, 2.05) is 6.07 Å². The molecule has 1 rings (SSSR count). The molecule has 0 saturated heterocycles. The minimum atomic E-state index is -1.11. The second-order valence-corrected chi connectivity index (χ2v) is 3.58. The summed E-state index contributed by atoms with van der Waals surface area (Å²) in [5.41, 5.74) is 0.661. The minimum absolute atomic E-state index is 0.0142. The zero-order valence-electron chi connectivity index (χ0n) is 9.68. The maximum absolute atomic E-state index is 11.4. The van der Waals surface area contributed by atoms with E-state index in [0.717, 1.165) is 0 Å². The van der Waals surface area contributed by atoms with E-state index in [0.29, 0.717) is 5.69 Å². The van der Waals surface area contributed by atoms with Crippen molar-refractivity contribution >= 4 is 23.5 Å². The lowest BCUT2D eigenvalue weighted by Gasteiger charge is -2.05. The van der Waals surface area contributed by atoms with Gasteiger partial charge < -0.3 is 15.7 Å². The van der Waals surface area contributed by atoms with E-state index in [1.54, 1.807) is 24.3 Å². The summed E-state index contributed by atoms with van der Waals surface area (Å²) in [4.78, 5) is 32.8. The van der Waals surface area contributed by atoms with Crippen LogP contribution in [0.2, 0.25) is 0 Å². The van der Waals surface area contributed by atoms with Crippen molar-refractivity contribution in [2.45, 2.75) is 12.8 Å². The number of para-hydroxylation sites is 1. The fraction of sp³-hybridized carbons (Fsp3) is 0.250. The number of rotatable bonds is 6. The molecular formula is C12H14N2O4. The standard InChI is InChI=1S/C12H14N2O4/c15-10(13-8-12(17)18)6-7-11(16)14-9-4-2-1-3-5-9/h1-5H,6-8H2,(H,13,15)(H,14,16)(H,17,18). The van der Waals surface area contributed by atoms with Gasteiger partial charge in [0.05, 0.1) is 0 Å². The Labute approximate surface area is 104 Å². The molecular weight excluding hydrogens is 236 g/mol. The van der Waals surface area contributed by atoms with Crippen molar-refractivity contribution < 1.29 is 19.5 Å². The first kappa shape index (κ1) is 13.7. The lowest BCUT2D eigenvalue weighted by atomic mass is 10.2. The summed E-state index contributed by atoms with van der Waals surface area (Å²) in [5.74, 6) is -1.86. The van der Waals surface area contributed by atoms with Crippen molar-refractivity contribution in [3.63, 3.8) is 0 Å². The predicted molar refractivity (Wildman–Crippen MR) is 65.0 cm³/mol. The lowest BCUT2D eigenvalue weighted by molar-refractivity contribution is -0.138. The monoisotopic (exact) mass is 250 g/mol. The second kappa shape index (κ2) is 7.05. The highest BCUT2D eigenvalue weighted by atomic mass is 16.4. The van der Waals surface area contributed by atoms with Gasteiger partial charge in [0.25, 0.3) is 0 Å². The molecule has 0 spiro atoms. The highest BCUT2D eigenvalue weighted by Gasteiger charge is 2.07. The third-order valence-corrected chi connectivity index (χ3v) is 2.07. The molecule has 3 N–H and O–H groups in total. The Hall–Kier alpha value is -2.37. The molecule has 0 fully saturated rings. The van der Waals surface area contributed by atoms with Crippen molar-refractivity contribution in [2.24, 2.45) is 0 Å². The molecule has 0 unspecified atom stereocenters. The van der Waals surface area contributed by atoms with Gasteiger partial charge >= 0.3 is 5.97 Å². The van der Waals surface area contributed by atoms with Gasteiger partial charge in [-0.15, -0.1) is 0 Å². The lowest BCUT2D eigenvalue weighted by Crippen LogP contribution is -2.29. The Balaban J connectivity index is 2.25. The quantitative estimate of drug-likeness (QED) is 0.689. The Morgan fingerprint density at radius 2 is 1.61 bits per heavy atom. The molecule has 0 aliphatic rings. The number of hydrogen-bond donors (Lipinski definition) is 3. The summed E-state index contributed by atoms with van der Waals surface area (Å²) >= 11 is 0. The van der Waals surface area contributed by atoms with Crippen LogP contribution in [0, 0.1) is 0 Å². The van der Waals surface area contributed by atoms with Gasteiger partial charge in [-0.25, -0.2) is 0 Å². The molecule has 18 heavy (non-hydrogen) atoms. The van der Waals surface area contributed by atoms with Gasteiger partial charge in [0, 0.05) is 18.5 Å². The highest BCUT2D eigenvalue weighted by Crippen LogP contribution is 2.05. The van der Waals surface area contributed by atoms with Crippen LogP contribution in [-0.2, 0) is 14.4 Å². The van der Waals surface area contributed by atoms with E-state index < -0.39 is 18.4 Å². The third-order valence-electron chi connectivity index (χ3n) is 2.07. The largest absolute Gasteiger partial charge is 0.480 e. The summed E-state index contributed by atoms with van der Waals surface area (Å²) in [7, 11) is 0. The van der Waals surface area contributed by atoms with Gasteiger partial charge in [0.15, 0.2) is 0 Å². The summed E-state index contributed by atoms with van der Waals surface area (Å²) in [5, 5.41) is 13.2. The average Bonchev–Trinajstić information content (AvgIpc) is 2.35. The van der Waals surface area contributed by atoms with Gasteiger partial charge in [-0.3, -0.25) is 14.4 Å². The number of carbonyl (C=O) groups is 3. The van der Waals surface area contributed by atoms with Crippen LogP contribution in [-0.4, -0.2) is 29.4 Å². The maximum Gasteiger partial charge on any atom is 0.322 e. The van der Waals surface area contributed by atoms with E-state index in [2.05, 4.69) is 10.6 Å². The van der Waals surface area contributed by atoms with Crippen LogP contribution < -0.4 is 10.6 Å². The third kappa shape index (κ3) is 5.64. The smallest absolute Gasteiger partial charge is 0.322 e. The maximum atomic E-state index is 11.4. The first-order valence-corrected chi connectivity index (χ1v) is 5.41. The van der Waals surface area contributed by atoms with E-state index >= 15 is 0 Å². The number of carboxylic acids is 1. The molecule has 1 aromatic rings. The van der Waals surface area contributed by atoms with E-state index in [1.165, 1.54) is 0 Å². The fourth-order valence-electron chi connectivity index (χ4n) is 1.23. The predicted octanol–water partition coefficient (Wildman–Crippen LogP) is 0.606. The van der Waals surface area contributed by atoms with Gasteiger partial charge in [-0.05, 0) is 12.1 Å². The minimum Gasteiger partial charge on any atom is -0.480 e. The van der Waals surface area contributed by atoms with Crippen LogP contribution in [0.5, 0.6) is 0 Å². The number of carbonyl (C=O) groups excluding carboxylic acids is 2. The normalized spacial score (nSPS) is 9.56. The number of anilines is 1. The van der Waals surface area contributed by atoms with Crippen molar-refractivity contribution in [3.8, 4) is 0 Å². The Kier molecular flexibility index (Phi) is 5.37. The SMILES string of the molecule is O=C(O)CNC(=O)CCC(=O)Nc1ccccc1. The molecule has 0 bridgehead atoms. The Bertz CT molecular complexity index is 431. The zero-order valence-corrected chi connectivity index (χ0v) is 9.68. The molecule has 0 radical (unpaired) electrons. The number of nitrogens with one attached hydrogen (secondary N) is 2. The summed E-state index contributed by atoms with van der Waals surface area (Å²) in [6.45, 7) is -0.431. The average molecular weight is 250 g/mol. The van der Waals surface area contributed by atoms with Crippen molar-refractivity contribution in [3.05, 3.63) is 30.3 Å². The number of aliphatic carboxylic acids is 1. The summed E-state index contributed by atoms with van der Waals surface area (Å²) in [6.07, 6.45) is -0.0215. The first-order chi connectivity index (χ1) is 8.58. The molecule has 0 heterocycles. The van der Waals surface area contributed by atoms with Crippen molar-refractivity contribution in [1.82, 2.24) is 5.32 Å². The number of hydrogen-bond acceptors (Lipinski definition) is 3. The van der Waals surface area contributed by atoms with E-state index in [4.69, 9.17) is 5.11 Å². The van der Waals surface area contributed by atoms with E-state index in [9.17, 15) is 14.4 Å². The number of amides is 2. The molecule has 96 valence electrons. The summed E-state index contributed by atoms with van der Waals surface area (Å²) < 4.78 is 0. The van der Waals surface area contributed by atoms with Crippen LogP contribution in [0.25, 0.3) is 0 Å². The molecule has 0 aliphatic carbocycles. The van der Waals surface area contributed by atoms with Crippen LogP contribution in [0.4, 0.5) is 5.69 Å². The van der Waals surface area contributed by atoms with Crippen LogP contribution in [0.3, 0.4) is 0 Å². The Morgan fingerprint density at radius 1 is 1.00 bits per heavy atom. The molecule has 2 amide bonds. The van der Waals surface area contributed by atoms with Gasteiger partial charge in [0.2, 0.25) is 11.8 Å². The molecule has 0 atom stereocenters. The van der Waals surface area contributed by atoms with Crippen LogP contribution in [0.1, 0.15) is 12.8 Å². The molecule has 0 saturated carbocycles.